The summed E-state index contributed by atoms with van der Waals surface area (Å²) in [6.45, 7) is 1.56. The molecule has 2 rings (SSSR count). The van der Waals surface area contributed by atoms with Gasteiger partial charge in [-0.25, -0.2) is 4.79 Å². The van der Waals surface area contributed by atoms with Crippen LogP contribution in [-0.2, 0) is 33.4 Å². The minimum Gasteiger partial charge on any atom is -0.497 e. The molecule has 1 fully saturated rings. The number of nitriles is 1. The molecule has 172 valence electrons. The van der Waals surface area contributed by atoms with Crippen molar-refractivity contribution in [2.75, 3.05) is 27.9 Å². The molecular weight excluding hydrogens is 422 g/mol. The highest BCUT2D eigenvalue weighted by molar-refractivity contribution is 6.02. The maximum absolute atomic E-state index is 13.0. The van der Waals surface area contributed by atoms with Crippen LogP contribution >= 0.6 is 0 Å². The molecule has 4 atom stereocenters. The topological polar surface area (TPSA) is 167 Å². The normalized spacial score (nSPS) is 26.5. The number of primary amides is 1. The van der Waals surface area contributed by atoms with Gasteiger partial charge in [0.1, 0.15) is 11.8 Å². The van der Waals surface area contributed by atoms with Crippen LogP contribution < -0.4 is 15.8 Å². The zero-order chi connectivity index (χ0) is 24.1. The van der Waals surface area contributed by atoms with Crippen LogP contribution in [0.3, 0.4) is 0 Å². The zero-order valence-electron chi connectivity index (χ0n) is 18.2. The molecule has 0 saturated carbocycles. The Labute approximate surface area is 184 Å². The summed E-state index contributed by atoms with van der Waals surface area (Å²) in [6.07, 6.45) is -0.796. The number of nitrogens with zero attached hydrogens (tertiary/aromatic N) is 1. The maximum Gasteiger partial charge on any atom is 0.328 e. The Morgan fingerprint density at radius 3 is 2.19 bits per heavy atom. The van der Waals surface area contributed by atoms with Crippen molar-refractivity contribution in [1.82, 2.24) is 5.32 Å². The molecule has 1 aliphatic rings. The molecule has 11 heteroatoms. The number of rotatable bonds is 8. The quantitative estimate of drug-likeness (QED) is 0.402. The molecule has 0 radical (unpaired) electrons. The van der Waals surface area contributed by atoms with E-state index in [9.17, 15) is 24.4 Å². The number of amides is 1. The molecular formula is C21H25N3O8. The van der Waals surface area contributed by atoms with Crippen LogP contribution in [0, 0.1) is 16.7 Å². The second kappa shape index (κ2) is 9.65. The Bertz CT molecular complexity index is 941. The fraction of sp³-hybridized carbons (Fsp3) is 0.476. The van der Waals surface area contributed by atoms with Crippen molar-refractivity contribution in [3.8, 4) is 11.8 Å². The van der Waals surface area contributed by atoms with Gasteiger partial charge in [0.25, 0.3) is 0 Å². The second-order valence-electron chi connectivity index (χ2n) is 7.06. The van der Waals surface area contributed by atoms with Gasteiger partial charge in [0.05, 0.1) is 40.4 Å². The Morgan fingerprint density at radius 1 is 1.12 bits per heavy atom. The fourth-order valence-electron chi connectivity index (χ4n) is 4.19. The highest BCUT2D eigenvalue weighted by Gasteiger charge is 2.74. The molecule has 1 aromatic carbocycles. The molecule has 0 aromatic heterocycles. The van der Waals surface area contributed by atoms with Crippen molar-refractivity contribution in [1.29, 1.82) is 5.26 Å². The number of hydrogen-bond acceptors (Lipinski definition) is 10. The maximum atomic E-state index is 13.0. The van der Waals surface area contributed by atoms with E-state index in [1.54, 1.807) is 19.1 Å². The van der Waals surface area contributed by atoms with E-state index in [0.29, 0.717) is 11.3 Å². The van der Waals surface area contributed by atoms with Crippen LogP contribution in [0.2, 0.25) is 0 Å². The molecule has 1 aliphatic heterocycles. The Hall–Kier alpha value is -3.65. The predicted octanol–water partition coefficient (Wildman–Crippen LogP) is -0.216. The third-order valence-corrected chi connectivity index (χ3v) is 5.63. The molecule has 1 saturated heterocycles. The first kappa shape index (κ1) is 24.6. The molecule has 32 heavy (non-hydrogen) atoms. The van der Waals surface area contributed by atoms with E-state index in [2.05, 4.69) is 10.1 Å². The van der Waals surface area contributed by atoms with Crippen molar-refractivity contribution in [3.63, 3.8) is 0 Å². The highest BCUT2D eigenvalue weighted by atomic mass is 16.5. The van der Waals surface area contributed by atoms with Crippen molar-refractivity contribution >= 4 is 23.8 Å². The fourth-order valence-corrected chi connectivity index (χ4v) is 4.19. The Kier molecular flexibility index (Phi) is 7.43. The molecule has 3 N–H and O–H groups in total. The molecule has 1 aromatic rings. The van der Waals surface area contributed by atoms with E-state index in [0.717, 1.165) is 14.2 Å². The van der Waals surface area contributed by atoms with Gasteiger partial charge in [-0.2, -0.15) is 5.26 Å². The number of carbonyl (C=O) groups excluding carboxylic acids is 4. The third-order valence-electron chi connectivity index (χ3n) is 5.63. The molecule has 11 nitrogen and oxygen atoms in total. The largest absolute Gasteiger partial charge is 0.497 e. The van der Waals surface area contributed by atoms with E-state index in [1.807, 2.05) is 6.07 Å². The summed E-state index contributed by atoms with van der Waals surface area (Å²) in [5.74, 6) is -4.96. The number of nitrogens with one attached hydrogen (secondary N) is 1. The molecule has 0 aliphatic carbocycles. The SMILES string of the molecule is CCOC(=O)[C@H]1N[C@](CC(=O)OC)(C(=O)OC)[C@@](C#N)(C(N)=O)[C@@H]1c1ccc(OC)cc1. The van der Waals surface area contributed by atoms with E-state index in [1.165, 1.54) is 19.2 Å². The minimum atomic E-state index is -2.42. The number of methoxy groups -OCH3 is 3. The first-order valence-corrected chi connectivity index (χ1v) is 9.63. The van der Waals surface area contributed by atoms with Gasteiger partial charge in [-0.1, -0.05) is 12.1 Å². The molecule has 0 unspecified atom stereocenters. The lowest BCUT2D eigenvalue weighted by molar-refractivity contribution is -0.161. The highest BCUT2D eigenvalue weighted by Crippen LogP contribution is 2.54. The average molecular weight is 447 g/mol. The summed E-state index contributed by atoms with van der Waals surface area (Å²) in [5, 5.41) is 13.0. The van der Waals surface area contributed by atoms with E-state index in [-0.39, 0.29) is 6.61 Å². The molecule has 1 amide bonds. The number of nitrogens with two attached hydrogens (primary N) is 1. The summed E-state index contributed by atoms with van der Waals surface area (Å²) >= 11 is 0. The van der Waals surface area contributed by atoms with Gasteiger partial charge in [0.2, 0.25) is 5.91 Å². The van der Waals surface area contributed by atoms with Crippen LogP contribution in [0.15, 0.2) is 24.3 Å². The van der Waals surface area contributed by atoms with Crippen LogP contribution in [-0.4, -0.2) is 63.3 Å². The summed E-state index contributed by atoms with van der Waals surface area (Å²) in [4.78, 5) is 51.1. The van der Waals surface area contributed by atoms with Crippen molar-refractivity contribution in [3.05, 3.63) is 29.8 Å². The lowest BCUT2D eigenvalue weighted by Crippen LogP contribution is -2.64. The average Bonchev–Trinajstić information content (AvgIpc) is 3.10. The predicted molar refractivity (Wildman–Crippen MR) is 108 cm³/mol. The van der Waals surface area contributed by atoms with Gasteiger partial charge >= 0.3 is 17.9 Å². The van der Waals surface area contributed by atoms with Crippen molar-refractivity contribution < 1.29 is 38.1 Å². The number of esters is 3. The van der Waals surface area contributed by atoms with E-state index < -0.39 is 53.1 Å². The second-order valence-corrected chi connectivity index (χ2v) is 7.06. The molecule has 0 bridgehead atoms. The first-order chi connectivity index (χ1) is 15.2. The van der Waals surface area contributed by atoms with Crippen molar-refractivity contribution in [2.45, 2.75) is 30.8 Å². The number of ether oxygens (including phenoxy) is 4. The Balaban J connectivity index is 2.89. The zero-order valence-corrected chi connectivity index (χ0v) is 18.2. The number of carbonyl (C=O) groups is 4. The summed E-state index contributed by atoms with van der Waals surface area (Å²) in [5.41, 5.74) is 1.28. The van der Waals surface area contributed by atoms with E-state index >= 15 is 0 Å². The summed E-state index contributed by atoms with van der Waals surface area (Å²) in [7, 11) is 3.55. The monoisotopic (exact) mass is 447 g/mol. The van der Waals surface area contributed by atoms with Gasteiger partial charge in [0.15, 0.2) is 11.0 Å². The smallest absolute Gasteiger partial charge is 0.328 e. The lowest BCUT2D eigenvalue weighted by atomic mass is 9.61. The third kappa shape index (κ3) is 3.73. The van der Waals surface area contributed by atoms with Crippen LogP contribution in [0.4, 0.5) is 0 Å². The first-order valence-electron chi connectivity index (χ1n) is 9.63. The summed E-state index contributed by atoms with van der Waals surface area (Å²) < 4.78 is 19.8. The molecule has 1 heterocycles. The summed E-state index contributed by atoms with van der Waals surface area (Å²) in [6, 6.07) is 6.60. The number of hydrogen-bond donors (Lipinski definition) is 2. The lowest BCUT2D eigenvalue weighted by Gasteiger charge is -2.38. The van der Waals surface area contributed by atoms with Gasteiger partial charge in [0, 0.05) is 5.92 Å². The number of benzene rings is 1. The van der Waals surface area contributed by atoms with Gasteiger partial charge < -0.3 is 24.7 Å². The van der Waals surface area contributed by atoms with Crippen LogP contribution in [0.25, 0.3) is 0 Å². The minimum absolute atomic E-state index is 0.00923. The van der Waals surface area contributed by atoms with Crippen molar-refractivity contribution in [2.24, 2.45) is 11.1 Å². The van der Waals surface area contributed by atoms with Gasteiger partial charge in [-0.05, 0) is 24.6 Å². The standard InChI is InChI=1S/C21H25N3O8/c1-5-32-17(26)16-15(12-6-8-13(29-2)9-7-12)20(11-22,18(23)27)21(24-16,19(28)31-4)10-14(25)30-3/h6-9,15-16,24H,5,10H2,1-4H3,(H2,23,27)/t15-,16+,20-,21-/m1/s1. The van der Waals surface area contributed by atoms with Gasteiger partial charge in [-0.3, -0.25) is 19.7 Å². The van der Waals surface area contributed by atoms with Gasteiger partial charge in [-0.15, -0.1) is 0 Å². The Morgan fingerprint density at radius 2 is 1.75 bits per heavy atom. The van der Waals surface area contributed by atoms with E-state index in [4.69, 9.17) is 19.9 Å². The molecule has 0 spiro atoms. The van der Waals surface area contributed by atoms with Crippen LogP contribution in [0.1, 0.15) is 24.8 Å². The van der Waals surface area contributed by atoms with Crippen LogP contribution in [0.5, 0.6) is 5.75 Å².